The van der Waals surface area contributed by atoms with Crippen molar-refractivity contribution < 1.29 is 13.7 Å². The van der Waals surface area contributed by atoms with Gasteiger partial charge in [0.15, 0.2) is 0 Å². The van der Waals surface area contributed by atoms with Crippen LogP contribution in [0.5, 0.6) is 0 Å². The van der Waals surface area contributed by atoms with Crippen LogP contribution in [-0.4, -0.2) is 37.4 Å². The SMILES string of the molecule is CCOC(=O)[C@H]1N(S(=O)C(C)(C)C)[C@@]1(CC)C1CCCCC1. The van der Waals surface area contributed by atoms with Crippen molar-refractivity contribution in [2.24, 2.45) is 5.92 Å². The molecule has 2 rings (SSSR count). The minimum Gasteiger partial charge on any atom is -0.465 e. The van der Waals surface area contributed by atoms with E-state index < -0.39 is 11.0 Å². The van der Waals surface area contributed by atoms with Gasteiger partial charge in [-0.2, -0.15) is 4.31 Å². The zero-order valence-electron chi connectivity index (χ0n) is 14.7. The molecule has 5 heteroatoms. The molecule has 0 amide bonds. The Morgan fingerprint density at radius 2 is 1.82 bits per heavy atom. The summed E-state index contributed by atoms with van der Waals surface area (Å²) in [5.41, 5.74) is -0.245. The molecule has 2 aliphatic rings. The van der Waals surface area contributed by atoms with Crippen molar-refractivity contribution in [3.8, 4) is 0 Å². The fourth-order valence-electron chi connectivity index (χ4n) is 4.03. The summed E-state index contributed by atoms with van der Waals surface area (Å²) >= 11 is 0. The molecule has 22 heavy (non-hydrogen) atoms. The fourth-order valence-corrected chi connectivity index (χ4v) is 5.72. The number of hydrogen-bond acceptors (Lipinski definition) is 3. The van der Waals surface area contributed by atoms with E-state index in [1.807, 2.05) is 32.0 Å². The van der Waals surface area contributed by atoms with Crippen molar-refractivity contribution in [3.63, 3.8) is 0 Å². The van der Waals surface area contributed by atoms with Crippen LogP contribution in [0.2, 0.25) is 0 Å². The molecule has 128 valence electrons. The molecule has 1 saturated heterocycles. The zero-order chi connectivity index (χ0) is 16.5. The van der Waals surface area contributed by atoms with Gasteiger partial charge in [-0.05, 0) is 52.9 Å². The third kappa shape index (κ3) is 2.99. The number of carbonyl (C=O) groups is 1. The van der Waals surface area contributed by atoms with Crippen LogP contribution in [0.15, 0.2) is 0 Å². The van der Waals surface area contributed by atoms with Gasteiger partial charge >= 0.3 is 5.97 Å². The molecule has 0 aromatic rings. The molecule has 0 spiro atoms. The van der Waals surface area contributed by atoms with Crippen LogP contribution in [0.25, 0.3) is 0 Å². The second-order valence-electron chi connectivity index (χ2n) is 7.52. The van der Waals surface area contributed by atoms with E-state index in [0.29, 0.717) is 12.5 Å². The topological polar surface area (TPSA) is 46.4 Å². The maximum Gasteiger partial charge on any atom is 0.326 e. The molecule has 1 aliphatic carbocycles. The molecule has 0 aromatic carbocycles. The summed E-state index contributed by atoms with van der Waals surface area (Å²) in [6, 6.07) is -0.319. The maximum absolute atomic E-state index is 13.0. The normalized spacial score (nSPS) is 34.2. The maximum atomic E-state index is 13.0. The van der Waals surface area contributed by atoms with Crippen molar-refractivity contribution in [1.29, 1.82) is 0 Å². The van der Waals surface area contributed by atoms with Crippen LogP contribution >= 0.6 is 0 Å². The number of ether oxygens (including phenoxy) is 1. The van der Waals surface area contributed by atoms with E-state index >= 15 is 0 Å². The van der Waals surface area contributed by atoms with Gasteiger partial charge in [0.05, 0.1) is 16.9 Å². The van der Waals surface area contributed by atoms with Gasteiger partial charge in [-0.25, -0.2) is 4.21 Å². The van der Waals surface area contributed by atoms with E-state index in [1.165, 1.54) is 19.3 Å². The monoisotopic (exact) mass is 329 g/mol. The van der Waals surface area contributed by atoms with Crippen molar-refractivity contribution in [2.45, 2.75) is 89.5 Å². The lowest BCUT2D eigenvalue weighted by Crippen LogP contribution is -2.36. The summed E-state index contributed by atoms with van der Waals surface area (Å²) in [6.07, 6.45) is 6.87. The fraction of sp³-hybridized carbons (Fsp3) is 0.941. The summed E-state index contributed by atoms with van der Waals surface area (Å²) in [7, 11) is -1.17. The number of esters is 1. The van der Waals surface area contributed by atoms with E-state index in [1.54, 1.807) is 0 Å². The van der Waals surface area contributed by atoms with Crippen LogP contribution in [0.4, 0.5) is 0 Å². The van der Waals surface area contributed by atoms with Gasteiger partial charge in [0.2, 0.25) is 0 Å². The minimum atomic E-state index is -1.17. The number of hydrogen-bond donors (Lipinski definition) is 0. The molecule has 4 nitrogen and oxygen atoms in total. The third-order valence-corrected chi connectivity index (χ3v) is 7.10. The predicted octanol–water partition coefficient (Wildman–Crippen LogP) is 3.43. The Balaban J connectivity index is 2.31. The first-order valence-corrected chi connectivity index (χ1v) is 9.79. The molecular formula is C17H31NO3S. The molecule has 2 fully saturated rings. The van der Waals surface area contributed by atoms with Crippen LogP contribution in [0.3, 0.4) is 0 Å². The van der Waals surface area contributed by atoms with Gasteiger partial charge in [-0.1, -0.05) is 26.2 Å². The summed E-state index contributed by atoms with van der Waals surface area (Å²) in [4.78, 5) is 12.5. The standard InChI is InChI=1S/C17H31NO3S/c1-6-17(13-11-9-8-10-12-13)14(15(19)21-7-2)18(17)22(20)16(3,4)5/h13-14H,6-12H2,1-5H3/t14-,17+,18?,22?/m1/s1. The highest BCUT2D eigenvalue weighted by Gasteiger charge is 2.72. The molecule has 1 heterocycles. The molecular weight excluding hydrogens is 298 g/mol. The third-order valence-electron chi connectivity index (χ3n) is 5.14. The first kappa shape index (κ1) is 17.9. The lowest BCUT2D eigenvalue weighted by Gasteiger charge is -2.31. The number of carbonyl (C=O) groups excluding carboxylic acids is 1. The molecule has 0 radical (unpaired) electrons. The largest absolute Gasteiger partial charge is 0.465 e. The molecule has 1 saturated carbocycles. The Labute approximate surface area is 137 Å². The zero-order valence-corrected chi connectivity index (χ0v) is 15.5. The quantitative estimate of drug-likeness (QED) is 0.573. The van der Waals surface area contributed by atoms with Crippen molar-refractivity contribution >= 4 is 17.0 Å². The first-order valence-electron chi connectivity index (χ1n) is 8.68. The van der Waals surface area contributed by atoms with E-state index in [0.717, 1.165) is 19.3 Å². The van der Waals surface area contributed by atoms with Crippen LogP contribution in [-0.2, 0) is 20.5 Å². The summed E-state index contributed by atoms with van der Waals surface area (Å²) < 4.78 is 19.9. The summed E-state index contributed by atoms with van der Waals surface area (Å²) in [5.74, 6) is 0.277. The Morgan fingerprint density at radius 1 is 1.23 bits per heavy atom. The molecule has 0 aromatic heterocycles. The summed E-state index contributed by atoms with van der Waals surface area (Å²) in [5, 5.41) is 0. The molecule has 2 unspecified atom stereocenters. The highest BCUT2D eigenvalue weighted by atomic mass is 32.2. The highest BCUT2D eigenvalue weighted by molar-refractivity contribution is 7.84. The van der Waals surface area contributed by atoms with E-state index in [9.17, 15) is 9.00 Å². The van der Waals surface area contributed by atoms with Gasteiger partial charge in [0.1, 0.15) is 17.0 Å². The van der Waals surface area contributed by atoms with Crippen molar-refractivity contribution in [2.75, 3.05) is 6.61 Å². The van der Waals surface area contributed by atoms with Gasteiger partial charge in [0, 0.05) is 0 Å². The molecule has 1 aliphatic heterocycles. The van der Waals surface area contributed by atoms with Gasteiger partial charge < -0.3 is 4.74 Å². The van der Waals surface area contributed by atoms with E-state index in [4.69, 9.17) is 4.74 Å². The van der Waals surface area contributed by atoms with Crippen LogP contribution in [0, 0.1) is 5.92 Å². The van der Waals surface area contributed by atoms with Gasteiger partial charge in [0.25, 0.3) is 0 Å². The Bertz CT molecular complexity index is 440. The number of rotatable bonds is 5. The smallest absolute Gasteiger partial charge is 0.326 e. The molecule has 0 bridgehead atoms. The Kier molecular flexibility index (Phi) is 5.38. The van der Waals surface area contributed by atoms with Crippen LogP contribution in [0.1, 0.15) is 73.1 Å². The highest BCUT2D eigenvalue weighted by Crippen LogP contribution is 2.56. The lowest BCUT2D eigenvalue weighted by molar-refractivity contribution is -0.143. The average Bonchev–Trinajstić information content (AvgIpc) is 3.17. The van der Waals surface area contributed by atoms with Gasteiger partial charge in [-0.15, -0.1) is 0 Å². The second-order valence-corrected chi connectivity index (χ2v) is 9.64. The Hall–Kier alpha value is -0.420. The molecule has 0 N–H and O–H groups in total. The summed E-state index contributed by atoms with van der Waals surface area (Å²) in [6.45, 7) is 10.3. The molecule has 4 atom stereocenters. The Morgan fingerprint density at radius 3 is 2.27 bits per heavy atom. The van der Waals surface area contributed by atoms with Crippen molar-refractivity contribution in [3.05, 3.63) is 0 Å². The predicted molar refractivity (Wildman–Crippen MR) is 89.8 cm³/mol. The van der Waals surface area contributed by atoms with Crippen LogP contribution < -0.4 is 0 Å². The first-order chi connectivity index (χ1) is 10.3. The van der Waals surface area contributed by atoms with Gasteiger partial charge in [-0.3, -0.25) is 4.79 Å². The van der Waals surface area contributed by atoms with Crippen molar-refractivity contribution in [1.82, 2.24) is 4.31 Å². The van der Waals surface area contributed by atoms with E-state index in [2.05, 4.69) is 6.92 Å². The van der Waals surface area contributed by atoms with E-state index in [-0.39, 0.29) is 22.3 Å². The minimum absolute atomic E-state index is 0.187. The lowest BCUT2D eigenvalue weighted by atomic mass is 9.76. The average molecular weight is 330 g/mol. The number of nitrogens with zero attached hydrogens (tertiary/aromatic N) is 1. The second kappa shape index (κ2) is 6.60.